The number of nitrogens with one attached hydrogen (secondary N) is 2. The molecule has 1 saturated heterocycles. The second-order valence-corrected chi connectivity index (χ2v) is 8.29. The van der Waals surface area contributed by atoms with Gasteiger partial charge >= 0.3 is 5.91 Å². The van der Waals surface area contributed by atoms with Gasteiger partial charge < -0.3 is 5.32 Å². The van der Waals surface area contributed by atoms with Crippen LogP contribution in [-0.4, -0.2) is 28.8 Å². The van der Waals surface area contributed by atoms with E-state index in [1.54, 1.807) is 4.68 Å². The molecule has 31 heavy (non-hydrogen) atoms. The van der Waals surface area contributed by atoms with Crippen LogP contribution in [0.1, 0.15) is 33.1 Å². The van der Waals surface area contributed by atoms with Gasteiger partial charge in [-0.25, -0.2) is 4.39 Å². The van der Waals surface area contributed by atoms with Gasteiger partial charge in [-0.3, -0.25) is 9.59 Å². The Hall–Kier alpha value is -3.32. The van der Waals surface area contributed by atoms with E-state index in [-0.39, 0.29) is 11.5 Å². The van der Waals surface area contributed by atoms with Gasteiger partial charge in [-0.1, -0.05) is 45.8 Å². The number of hydrazone groups is 1. The van der Waals surface area contributed by atoms with Crippen molar-refractivity contribution in [2.24, 2.45) is 0 Å². The first-order valence-corrected chi connectivity index (χ1v) is 10.5. The molecule has 2 N–H and O–H groups in total. The Morgan fingerprint density at radius 1 is 1.03 bits per heavy atom. The Balaban J connectivity index is 1.69. The van der Waals surface area contributed by atoms with E-state index in [0.717, 1.165) is 21.2 Å². The van der Waals surface area contributed by atoms with Crippen LogP contribution in [-0.2, 0) is 4.79 Å². The predicted molar refractivity (Wildman–Crippen MR) is 119 cm³/mol. The van der Waals surface area contributed by atoms with Gasteiger partial charge in [0.05, 0.1) is 0 Å². The van der Waals surface area contributed by atoms with Gasteiger partial charge in [0.2, 0.25) is 12.3 Å². The highest BCUT2D eigenvalue weighted by Gasteiger charge is 2.47. The van der Waals surface area contributed by atoms with E-state index in [1.165, 1.54) is 24.3 Å². The molecule has 3 aromatic carbocycles. The monoisotopic (exact) mass is 480 g/mol. The molecule has 3 aromatic rings. The fraction of sp³-hybridized carbons (Fsp3) is 0.125. The zero-order chi connectivity index (χ0) is 22.0. The Kier molecular flexibility index (Phi) is 5.95. The van der Waals surface area contributed by atoms with Crippen molar-refractivity contribution in [2.75, 3.05) is 0 Å². The molecule has 156 valence electrons. The molecule has 1 aliphatic rings. The number of carbonyl (C=O) groups is 2. The number of aryl methyl sites for hydroxylation is 1. The maximum atomic E-state index is 13.2. The Bertz CT molecular complexity index is 1140. The van der Waals surface area contributed by atoms with Crippen LogP contribution < -0.4 is 10.7 Å². The number of hydrazine groups is 1. The van der Waals surface area contributed by atoms with Crippen LogP contribution in [0.4, 0.5) is 4.39 Å². The lowest BCUT2D eigenvalue weighted by Crippen LogP contribution is -2.42. The third kappa shape index (κ3) is 4.72. The molecule has 0 aromatic heterocycles. The molecule has 5 nitrogen and oxygen atoms in total. The number of hydrogen-bond donors (Lipinski definition) is 2. The predicted octanol–water partition coefficient (Wildman–Crippen LogP) is 3.91. The first kappa shape index (κ1) is 20.9. The fourth-order valence-electron chi connectivity index (χ4n) is 3.48. The summed E-state index contributed by atoms with van der Waals surface area (Å²) in [5.41, 5.74) is 6.00. The summed E-state index contributed by atoms with van der Waals surface area (Å²) in [7, 11) is 0. The van der Waals surface area contributed by atoms with E-state index in [1.807, 2.05) is 61.7 Å². The van der Waals surface area contributed by atoms with Gasteiger partial charge in [0.1, 0.15) is 5.82 Å². The third-order valence-electron chi connectivity index (χ3n) is 5.11. The second kappa shape index (κ2) is 8.81. The SMILES string of the molecule is Cc1ccc([C@@H]2[C@H](NC(=O)c3ccc(F)cc3)C(=O)N/[N+]2=C\c2ccc(Br)cc2)cc1. The molecular weight excluding hydrogens is 461 g/mol. The van der Waals surface area contributed by atoms with Crippen LogP contribution in [0.25, 0.3) is 0 Å². The lowest BCUT2D eigenvalue weighted by atomic mass is 9.98. The summed E-state index contributed by atoms with van der Waals surface area (Å²) in [6.07, 6.45) is 1.83. The molecule has 0 bridgehead atoms. The van der Waals surface area contributed by atoms with E-state index in [0.29, 0.717) is 0 Å². The standard InChI is InChI=1S/C24H19BrFN3O2/c1-15-2-6-17(7-3-15)22-21(27-23(30)18-8-12-20(26)13-9-18)24(31)28-29(22)14-16-4-10-19(25)11-5-16/h2-14,21-22H,1H3,(H-,27,28,30,31)/p+1/b29-14-/t21-,22+/m0/s1. The minimum absolute atomic E-state index is 0.284. The van der Waals surface area contributed by atoms with Crippen LogP contribution in [0.2, 0.25) is 0 Å². The maximum Gasteiger partial charge on any atom is 0.304 e. The number of benzene rings is 3. The zero-order valence-corrected chi connectivity index (χ0v) is 18.3. The molecule has 0 unspecified atom stereocenters. The van der Waals surface area contributed by atoms with Crippen molar-refractivity contribution in [1.82, 2.24) is 10.7 Å². The number of nitrogens with zero attached hydrogens (tertiary/aromatic N) is 1. The number of rotatable bonds is 4. The van der Waals surface area contributed by atoms with Crippen molar-refractivity contribution in [1.29, 1.82) is 0 Å². The van der Waals surface area contributed by atoms with Crippen LogP contribution in [0.3, 0.4) is 0 Å². The second-order valence-electron chi connectivity index (χ2n) is 7.38. The maximum absolute atomic E-state index is 13.2. The number of halogens is 2. The van der Waals surface area contributed by atoms with Crippen molar-refractivity contribution < 1.29 is 18.7 Å². The summed E-state index contributed by atoms with van der Waals surface area (Å²) < 4.78 is 15.9. The molecule has 7 heteroatoms. The topological polar surface area (TPSA) is 61.2 Å². The lowest BCUT2D eigenvalue weighted by molar-refractivity contribution is -0.596. The summed E-state index contributed by atoms with van der Waals surface area (Å²) in [5, 5.41) is 2.81. The van der Waals surface area contributed by atoms with Crippen molar-refractivity contribution in [2.45, 2.75) is 19.0 Å². The highest BCUT2D eigenvalue weighted by atomic mass is 79.9. The van der Waals surface area contributed by atoms with E-state index in [2.05, 4.69) is 26.7 Å². The number of amides is 2. The molecule has 0 saturated carbocycles. The molecule has 0 aliphatic carbocycles. The highest BCUT2D eigenvalue weighted by molar-refractivity contribution is 9.10. The molecule has 0 spiro atoms. The molecule has 0 radical (unpaired) electrons. The van der Waals surface area contributed by atoms with E-state index in [4.69, 9.17) is 0 Å². The van der Waals surface area contributed by atoms with Crippen molar-refractivity contribution in [3.8, 4) is 0 Å². The van der Waals surface area contributed by atoms with Crippen molar-refractivity contribution >= 4 is 34.0 Å². The molecule has 1 heterocycles. The normalized spacial score (nSPS) is 19.3. The molecule has 4 rings (SSSR count). The first-order chi connectivity index (χ1) is 14.9. The Morgan fingerprint density at radius 3 is 2.32 bits per heavy atom. The van der Waals surface area contributed by atoms with Crippen LogP contribution in [0.15, 0.2) is 77.3 Å². The van der Waals surface area contributed by atoms with Crippen LogP contribution in [0.5, 0.6) is 0 Å². The van der Waals surface area contributed by atoms with Gasteiger partial charge in [-0.05, 0) is 55.5 Å². The van der Waals surface area contributed by atoms with Crippen LogP contribution in [0, 0.1) is 12.7 Å². The minimum Gasteiger partial charge on any atom is -0.334 e. The largest absolute Gasteiger partial charge is 0.334 e. The van der Waals surface area contributed by atoms with Gasteiger partial charge in [0, 0.05) is 21.2 Å². The van der Waals surface area contributed by atoms with E-state index < -0.39 is 23.8 Å². The quantitative estimate of drug-likeness (QED) is 0.556. The van der Waals surface area contributed by atoms with E-state index in [9.17, 15) is 14.0 Å². The van der Waals surface area contributed by atoms with Crippen LogP contribution >= 0.6 is 15.9 Å². The smallest absolute Gasteiger partial charge is 0.304 e. The average molecular weight is 481 g/mol. The minimum atomic E-state index is -0.827. The third-order valence-corrected chi connectivity index (χ3v) is 5.64. The summed E-state index contributed by atoms with van der Waals surface area (Å²) in [4.78, 5) is 25.6. The molecule has 2 atom stereocenters. The lowest BCUT2D eigenvalue weighted by Gasteiger charge is -2.15. The summed E-state index contributed by atoms with van der Waals surface area (Å²) in [6.45, 7) is 1.99. The Labute approximate surface area is 187 Å². The van der Waals surface area contributed by atoms with Gasteiger partial charge in [0.25, 0.3) is 5.91 Å². The van der Waals surface area contributed by atoms with Gasteiger partial charge in [-0.2, -0.15) is 0 Å². The number of carbonyl (C=O) groups excluding carboxylic acids is 2. The van der Waals surface area contributed by atoms with Gasteiger partial charge in [-0.15, -0.1) is 10.1 Å². The average Bonchev–Trinajstić information content (AvgIpc) is 3.05. The van der Waals surface area contributed by atoms with Crippen molar-refractivity contribution in [3.63, 3.8) is 0 Å². The summed E-state index contributed by atoms with van der Waals surface area (Å²) in [5.74, 6) is -1.19. The molecule has 1 aliphatic heterocycles. The molecular formula is C24H20BrFN3O2+. The summed E-state index contributed by atoms with van der Waals surface area (Å²) in [6, 6.07) is 19.4. The fourth-order valence-corrected chi connectivity index (χ4v) is 3.74. The molecule has 1 fully saturated rings. The summed E-state index contributed by atoms with van der Waals surface area (Å²) >= 11 is 3.42. The zero-order valence-electron chi connectivity index (χ0n) is 16.7. The van der Waals surface area contributed by atoms with Crippen molar-refractivity contribution in [3.05, 3.63) is 105 Å². The van der Waals surface area contributed by atoms with Gasteiger partial charge in [0.15, 0.2) is 6.04 Å². The highest BCUT2D eigenvalue weighted by Crippen LogP contribution is 2.26. The van der Waals surface area contributed by atoms with E-state index >= 15 is 0 Å². The Morgan fingerprint density at radius 2 is 1.68 bits per heavy atom. The number of hydrogen-bond acceptors (Lipinski definition) is 2. The first-order valence-electron chi connectivity index (χ1n) is 9.73. The molecule has 2 amide bonds.